The highest BCUT2D eigenvalue weighted by Crippen LogP contribution is 2.36. The maximum atomic E-state index is 11.2. The van der Waals surface area contributed by atoms with E-state index in [2.05, 4.69) is 69.3 Å². The predicted molar refractivity (Wildman–Crippen MR) is 116 cm³/mol. The lowest BCUT2D eigenvalue weighted by atomic mass is 10.2. The van der Waals surface area contributed by atoms with Gasteiger partial charge in [0.25, 0.3) is 8.32 Å². The third-order valence-corrected chi connectivity index (χ3v) is 9.54. The van der Waals surface area contributed by atoms with Crippen molar-refractivity contribution in [1.29, 1.82) is 0 Å². The van der Waals surface area contributed by atoms with Crippen molar-refractivity contribution in [2.24, 2.45) is 0 Å². The van der Waals surface area contributed by atoms with Crippen LogP contribution in [-0.2, 0) is 13.9 Å². The molecule has 0 unspecified atom stereocenters. The molecular weight excluding hydrogens is 368 g/mol. The van der Waals surface area contributed by atoms with Crippen molar-refractivity contribution in [3.63, 3.8) is 0 Å². The Hall–Kier alpha value is -2.37. The monoisotopic (exact) mass is 398 g/mol. The summed E-state index contributed by atoms with van der Waals surface area (Å²) in [6, 6.07) is 21.0. The van der Waals surface area contributed by atoms with Crippen molar-refractivity contribution in [3.05, 3.63) is 72.8 Å². The maximum absolute atomic E-state index is 11.2. The van der Waals surface area contributed by atoms with E-state index in [4.69, 9.17) is 13.9 Å². The van der Waals surface area contributed by atoms with Gasteiger partial charge in [-0.2, -0.15) is 0 Å². The molecule has 2 aromatic rings. The summed E-state index contributed by atoms with van der Waals surface area (Å²) < 4.78 is 16.4. The van der Waals surface area contributed by atoms with Gasteiger partial charge in [-0.3, -0.25) is 0 Å². The number of carbonyl (C=O) groups excluding carboxylic acids is 1. The molecule has 28 heavy (non-hydrogen) atoms. The summed E-state index contributed by atoms with van der Waals surface area (Å²) in [5.41, 5.74) is 0. The summed E-state index contributed by atoms with van der Waals surface area (Å²) in [6.45, 7) is 9.39. The fourth-order valence-corrected chi connectivity index (χ4v) is 7.85. The lowest BCUT2D eigenvalue weighted by molar-refractivity contribution is 0.0672. The van der Waals surface area contributed by atoms with Gasteiger partial charge >= 0.3 is 6.16 Å². The third kappa shape index (κ3) is 5.33. The van der Waals surface area contributed by atoms with E-state index in [0.29, 0.717) is 13.2 Å². The van der Waals surface area contributed by atoms with E-state index in [1.165, 1.54) is 10.4 Å². The summed E-state index contributed by atoms with van der Waals surface area (Å²) in [6.07, 6.45) is 3.04. The normalized spacial score (nSPS) is 12.1. The molecule has 0 amide bonds. The number of ether oxygens (including phenoxy) is 2. The first-order valence-electron chi connectivity index (χ1n) is 9.61. The first kappa shape index (κ1) is 21.9. The van der Waals surface area contributed by atoms with Crippen molar-refractivity contribution in [1.82, 2.24) is 0 Å². The molecule has 5 heteroatoms. The van der Waals surface area contributed by atoms with Crippen molar-refractivity contribution in [2.45, 2.75) is 32.7 Å². The van der Waals surface area contributed by atoms with E-state index < -0.39 is 14.5 Å². The van der Waals surface area contributed by atoms with Crippen LogP contribution in [0.25, 0.3) is 0 Å². The first-order chi connectivity index (χ1) is 13.4. The minimum atomic E-state index is -2.53. The second-order valence-electron chi connectivity index (χ2n) is 7.44. The molecule has 0 fully saturated rings. The van der Waals surface area contributed by atoms with Gasteiger partial charge in [0.05, 0.1) is 13.2 Å². The van der Waals surface area contributed by atoms with Gasteiger partial charge in [-0.25, -0.2) is 4.79 Å². The molecule has 150 valence electrons. The molecule has 0 saturated carbocycles. The highest BCUT2D eigenvalue weighted by atomic mass is 28.4. The van der Waals surface area contributed by atoms with E-state index in [-0.39, 0.29) is 11.6 Å². The van der Waals surface area contributed by atoms with Gasteiger partial charge in [0.2, 0.25) is 0 Å². The molecule has 0 spiro atoms. The molecule has 0 heterocycles. The van der Waals surface area contributed by atoms with E-state index in [0.717, 1.165) is 0 Å². The highest BCUT2D eigenvalue weighted by molar-refractivity contribution is 6.99. The van der Waals surface area contributed by atoms with Crippen molar-refractivity contribution >= 4 is 24.8 Å². The van der Waals surface area contributed by atoms with Crippen molar-refractivity contribution < 1.29 is 18.7 Å². The first-order valence-corrected chi connectivity index (χ1v) is 11.5. The van der Waals surface area contributed by atoms with E-state index in [1.807, 2.05) is 18.2 Å². The Morgan fingerprint density at radius 3 is 1.82 bits per heavy atom. The predicted octanol–water partition coefficient (Wildman–Crippen LogP) is 4.29. The zero-order valence-electron chi connectivity index (χ0n) is 17.2. The number of hydrogen-bond donors (Lipinski definition) is 0. The van der Waals surface area contributed by atoms with Crippen LogP contribution in [0.1, 0.15) is 27.7 Å². The standard InChI is InChI=1S/C23H30O4Si/c1-5-25-22(24)26-18-12-13-19-27-28(23(2,3)4,20-14-8-6-9-15-20)21-16-10-7-11-17-21/h6-17H,5,18-19H2,1-4H3/b13-12+. The zero-order chi connectivity index (χ0) is 20.5. The van der Waals surface area contributed by atoms with Crippen LogP contribution in [0, 0.1) is 0 Å². The van der Waals surface area contributed by atoms with Gasteiger partial charge in [0, 0.05) is 0 Å². The summed E-state index contributed by atoms with van der Waals surface area (Å²) in [7, 11) is -2.53. The molecule has 2 aromatic carbocycles. The van der Waals surface area contributed by atoms with Crippen LogP contribution < -0.4 is 10.4 Å². The maximum Gasteiger partial charge on any atom is 0.508 e. The van der Waals surface area contributed by atoms with Gasteiger partial charge in [-0.1, -0.05) is 87.5 Å². The van der Waals surface area contributed by atoms with Gasteiger partial charge in [-0.05, 0) is 28.4 Å². The van der Waals surface area contributed by atoms with Crippen LogP contribution in [0.2, 0.25) is 5.04 Å². The topological polar surface area (TPSA) is 44.8 Å². The average molecular weight is 399 g/mol. The minimum Gasteiger partial charge on any atom is -0.435 e. The Balaban J connectivity index is 2.23. The van der Waals surface area contributed by atoms with E-state index >= 15 is 0 Å². The van der Waals surface area contributed by atoms with Crippen LogP contribution >= 0.6 is 0 Å². The summed E-state index contributed by atoms with van der Waals surface area (Å²) >= 11 is 0. The van der Waals surface area contributed by atoms with Crippen LogP contribution in [0.3, 0.4) is 0 Å². The van der Waals surface area contributed by atoms with Crippen molar-refractivity contribution in [2.75, 3.05) is 19.8 Å². The Kier molecular flexibility index (Phi) is 8.02. The van der Waals surface area contributed by atoms with Crippen LogP contribution in [0.5, 0.6) is 0 Å². The quantitative estimate of drug-likeness (QED) is 0.378. The molecule has 0 aliphatic rings. The summed E-state index contributed by atoms with van der Waals surface area (Å²) in [5, 5.41) is 2.42. The van der Waals surface area contributed by atoms with Gasteiger partial charge in [0.15, 0.2) is 0 Å². The van der Waals surface area contributed by atoms with Crippen LogP contribution in [-0.4, -0.2) is 34.3 Å². The van der Waals surface area contributed by atoms with Gasteiger partial charge in [-0.15, -0.1) is 0 Å². The Morgan fingerprint density at radius 2 is 1.36 bits per heavy atom. The third-order valence-electron chi connectivity index (χ3n) is 4.54. The lowest BCUT2D eigenvalue weighted by Gasteiger charge is -2.42. The van der Waals surface area contributed by atoms with Gasteiger partial charge in [0.1, 0.15) is 6.61 Å². The SMILES string of the molecule is CCOC(=O)OC/C=C/CO[Si](c1ccccc1)(c1ccccc1)C(C)(C)C. The van der Waals surface area contributed by atoms with E-state index in [9.17, 15) is 4.79 Å². The molecule has 0 atom stereocenters. The Morgan fingerprint density at radius 1 is 0.857 bits per heavy atom. The number of benzene rings is 2. The molecular formula is C23H30O4Si. The fraction of sp³-hybridized carbons (Fsp3) is 0.348. The van der Waals surface area contributed by atoms with Crippen LogP contribution in [0.4, 0.5) is 4.79 Å². The second-order valence-corrected chi connectivity index (χ2v) is 11.7. The molecule has 4 nitrogen and oxygen atoms in total. The number of carbonyl (C=O) groups is 1. The molecule has 0 bridgehead atoms. The van der Waals surface area contributed by atoms with Crippen LogP contribution in [0.15, 0.2) is 72.8 Å². The molecule has 0 N–H and O–H groups in total. The Labute approximate surface area is 169 Å². The molecule has 0 aliphatic heterocycles. The lowest BCUT2D eigenvalue weighted by Crippen LogP contribution is -2.66. The number of hydrogen-bond acceptors (Lipinski definition) is 4. The molecule has 2 rings (SSSR count). The molecule has 0 aromatic heterocycles. The Bertz CT molecular complexity index is 712. The molecule has 0 saturated heterocycles. The fourth-order valence-electron chi connectivity index (χ4n) is 3.35. The largest absolute Gasteiger partial charge is 0.508 e. The molecule has 0 aliphatic carbocycles. The van der Waals surface area contributed by atoms with E-state index in [1.54, 1.807) is 13.0 Å². The number of rotatable bonds is 8. The summed E-state index contributed by atoms with van der Waals surface area (Å²) in [5.74, 6) is 0. The summed E-state index contributed by atoms with van der Waals surface area (Å²) in [4.78, 5) is 11.2. The molecule has 0 radical (unpaired) electrons. The smallest absolute Gasteiger partial charge is 0.435 e. The zero-order valence-corrected chi connectivity index (χ0v) is 18.2. The average Bonchev–Trinajstić information content (AvgIpc) is 2.68. The van der Waals surface area contributed by atoms with Gasteiger partial charge < -0.3 is 13.9 Å². The van der Waals surface area contributed by atoms with Crippen molar-refractivity contribution in [3.8, 4) is 0 Å². The highest BCUT2D eigenvalue weighted by Gasteiger charge is 2.49. The minimum absolute atomic E-state index is 0.0645. The second kappa shape index (κ2) is 10.2.